The van der Waals surface area contributed by atoms with Gasteiger partial charge in [0.25, 0.3) is 0 Å². The zero-order valence-electron chi connectivity index (χ0n) is 9.45. The van der Waals surface area contributed by atoms with Gasteiger partial charge in [0.1, 0.15) is 0 Å². The predicted molar refractivity (Wildman–Crippen MR) is 59.9 cm³/mol. The molecule has 0 saturated carbocycles. The maximum atomic E-state index is 11.1. The van der Waals surface area contributed by atoms with E-state index in [0.717, 1.165) is 5.56 Å². The third-order valence-electron chi connectivity index (χ3n) is 2.19. The number of benzene rings is 1. The molecule has 0 fully saturated rings. The highest BCUT2D eigenvalue weighted by Gasteiger charge is 2.04. The second kappa shape index (κ2) is 5.90. The molecule has 86 valence electrons. The molecule has 16 heavy (non-hydrogen) atoms. The van der Waals surface area contributed by atoms with Gasteiger partial charge in [0.15, 0.2) is 0 Å². The topological polar surface area (TPSA) is 55.4 Å². The molecule has 0 radical (unpaired) electrons. The van der Waals surface area contributed by atoms with Crippen molar-refractivity contribution >= 4 is 11.9 Å². The molecule has 0 atom stereocenters. The van der Waals surface area contributed by atoms with Crippen LogP contribution in [0.3, 0.4) is 0 Å². The molecular formula is C12H15NO3. The van der Waals surface area contributed by atoms with E-state index >= 15 is 0 Å². The van der Waals surface area contributed by atoms with Crippen molar-refractivity contribution in [1.82, 2.24) is 5.32 Å². The van der Waals surface area contributed by atoms with E-state index in [-0.39, 0.29) is 11.9 Å². The van der Waals surface area contributed by atoms with Gasteiger partial charge in [-0.05, 0) is 17.7 Å². The minimum absolute atomic E-state index is 0.0112. The van der Waals surface area contributed by atoms with Crippen molar-refractivity contribution in [2.45, 2.75) is 19.9 Å². The van der Waals surface area contributed by atoms with Crippen LogP contribution in [0.4, 0.5) is 0 Å². The first kappa shape index (κ1) is 12.2. The van der Waals surface area contributed by atoms with Gasteiger partial charge in [-0.15, -0.1) is 0 Å². The fraction of sp³-hybridized carbons (Fsp3) is 0.333. The van der Waals surface area contributed by atoms with E-state index in [1.54, 1.807) is 31.2 Å². The molecule has 0 unspecified atom stereocenters. The third-order valence-corrected chi connectivity index (χ3v) is 2.19. The van der Waals surface area contributed by atoms with Gasteiger partial charge in [-0.3, -0.25) is 4.79 Å². The molecule has 0 aliphatic heterocycles. The van der Waals surface area contributed by atoms with Crippen LogP contribution in [0.5, 0.6) is 0 Å². The molecule has 0 aromatic heterocycles. The van der Waals surface area contributed by atoms with Crippen LogP contribution in [0.15, 0.2) is 24.3 Å². The van der Waals surface area contributed by atoms with Gasteiger partial charge in [0.2, 0.25) is 5.91 Å². The van der Waals surface area contributed by atoms with Gasteiger partial charge in [-0.1, -0.05) is 19.1 Å². The monoisotopic (exact) mass is 221 g/mol. The standard InChI is InChI=1S/C12H15NO3/c1-3-11(14)13-8-9-4-6-10(7-5-9)12(15)16-2/h4-7H,3,8H2,1-2H3,(H,13,14). The van der Waals surface area contributed by atoms with Crippen LogP contribution in [0.25, 0.3) is 0 Å². The smallest absolute Gasteiger partial charge is 0.337 e. The summed E-state index contributed by atoms with van der Waals surface area (Å²) in [5.41, 5.74) is 1.46. The first-order chi connectivity index (χ1) is 7.67. The Morgan fingerprint density at radius 2 is 1.88 bits per heavy atom. The number of ether oxygens (including phenoxy) is 1. The third kappa shape index (κ3) is 3.38. The number of rotatable bonds is 4. The fourth-order valence-electron chi connectivity index (χ4n) is 1.20. The van der Waals surface area contributed by atoms with Crippen molar-refractivity contribution in [3.05, 3.63) is 35.4 Å². The van der Waals surface area contributed by atoms with Crippen molar-refractivity contribution in [2.24, 2.45) is 0 Å². The zero-order chi connectivity index (χ0) is 12.0. The van der Waals surface area contributed by atoms with Crippen LogP contribution >= 0.6 is 0 Å². The molecule has 0 aliphatic carbocycles. The van der Waals surface area contributed by atoms with Gasteiger partial charge in [0.05, 0.1) is 12.7 Å². The molecule has 1 rings (SSSR count). The van der Waals surface area contributed by atoms with Crippen molar-refractivity contribution in [3.8, 4) is 0 Å². The van der Waals surface area contributed by atoms with Gasteiger partial charge < -0.3 is 10.1 Å². The number of carbonyl (C=O) groups is 2. The van der Waals surface area contributed by atoms with Crippen molar-refractivity contribution < 1.29 is 14.3 Å². The van der Waals surface area contributed by atoms with E-state index in [4.69, 9.17) is 0 Å². The summed E-state index contributed by atoms with van der Waals surface area (Å²) in [7, 11) is 1.34. The van der Waals surface area contributed by atoms with Crippen LogP contribution < -0.4 is 5.32 Å². The van der Waals surface area contributed by atoms with Crippen LogP contribution in [0.2, 0.25) is 0 Å². The minimum Gasteiger partial charge on any atom is -0.465 e. The van der Waals surface area contributed by atoms with Crippen molar-refractivity contribution in [3.63, 3.8) is 0 Å². The number of esters is 1. The number of methoxy groups -OCH3 is 1. The van der Waals surface area contributed by atoms with E-state index < -0.39 is 0 Å². The Bertz CT molecular complexity index is 370. The molecule has 0 spiro atoms. The predicted octanol–water partition coefficient (Wildman–Crippen LogP) is 1.50. The van der Waals surface area contributed by atoms with Crippen molar-refractivity contribution in [1.29, 1.82) is 0 Å². The van der Waals surface area contributed by atoms with Crippen LogP contribution in [0.1, 0.15) is 29.3 Å². The molecule has 0 heterocycles. The van der Waals surface area contributed by atoms with Gasteiger partial charge in [0, 0.05) is 13.0 Å². The number of amides is 1. The molecule has 0 aliphatic rings. The first-order valence-electron chi connectivity index (χ1n) is 5.11. The number of nitrogens with one attached hydrogen (secondary N) is 1. The highest BCUT2D eigenvalue weighted by Crippen LogP contribution is 2.05. The Balaban J connectivity index is 2.58. The lowest BCUT2D eigenvalue weighted by Crippen LogP contribution is -2.21. The molecular weight excluding hydrogens is 206 g/mol. The zero-order valence-corrected chi connectivity index (χ0v) is 9.45. The average Bonchev–Trinajstić information content (AvgIpc) is 2.35. The number of carbonyl (C=O) groups excluding carboxylic acids is 2. The Labute approximate surface area is 94.6 Å². The van der Waals surface area contributed by atoms with Gasteiger partial charge >= 0.3 is 5.97 Å². The maximum Gasteiger partial charge on any atom is 0.337 e. The van der Waals surface area contributed by atoms with E-state index in [1.165, 1.54) is 7.11 Å². The summed E-state index contributed by atoms with van der Waals surface area (Å²) in [6, 6.07) is 6.95. The summed E-state index contributed by atoms with van der Waals surface area (Å²) >= 11 is 0. The lowest BCUT2D eigenvalue weighted by molar-refractivity contribution is -0.120. The fourth-order valence-corrected chi connectivity index (χ4v) is 1.20. The Hall–Kier alpha value is -1.84. The van der Waals surface area contributed by atoms with E-state index in [1.807, 2.05) is 0 Å². The summed E-state index contributed by atoms with van der Waals surface area (Å²) in [4.78, 5) is 22.2. The first-order valence-corrected chi connectivity index (χ1v) is 5.11. The molecule has 0 bridgehead atoms. The molecule has 4 heteroatoms. The molecule has 1 amide bonds. The van der Waals surface area contributed by atoms with Crippen LogP contribution in [0, 0.1) is 0 Å². The lowest BCUT2D eigenvalue weighted by Gasteiger charge is -2.04. The van der Waals surface area contributed by atoms with Crippen molar-refractivity contribution in [2.75, 3.05) is 7.11 Å². The van der Waals surface area contributed by atoms with Crippen LogP contribution in [-0.4, -0.2) is 19.0 Å². The number of hydrogen-bond donors (Lipinski definition) is 1. The minimum atomic E-state index is -0.357. The normalized spacial score (nSPS) is 9.62. The maximum absolute atomic E-state index is 11.1. The van der Waals surface area contributed by atoms with Gasteiger partial charge in [-0.2, -0.15) is 0 Å². The summed E-state index contributed by atoms with van der Waals surface area (Å²) in [5, 5.41) is 2.76. The van der Waals surface area contributed by atoms with E-state index in [9.17, 15) is 9.59 Å². The molecule has 1 N–H and O–H groups in total. The second-order valence-corrected chi connectivity index (χ2v) is 3.32. The second-order valence-electron chi connectivity index (χ2n) is 3.32. The van der Waals surface area contributed by atoms with Gasteiger partial charge in [-0.25, -0.2) is 4.79 Å². The van der Waals surface area contributed by atoms with E-state index in [0.29, 0.717) is 18.5 Å². The quantitative estimate of drug-likeness (QED) is 0.784. The van der Waals surface area contributed by atoms with Crippen LogP contribution in [-0.2, 0) is 16.1 Å². The van der Waals surface area contributed by atoms with E-state index in [2.05, 4.69) is 10.1 Å². The Kier molecular flexibility index (Phi) is 4.51. The SMILES string of the molecule is CCC(=O)NCc1ccc(C(=O)OC)cc1. The molecule has 1 aromatic rings. The molecule has 4 nitrogen and oxygen atoms in total. The summed E-state index contributed by atoms with van der Waals surface area (Å²) < 4.78 is 4.58. The average molecular weight is 221 g/mol. The Morgan fingerprint density at radius 1 is 1.25 bits per heavy atom. The molecule has 1 aromatic carbocycles. The summed E-state index contributed by atoms with van der Waals surface area (Å²) in [6.45, 7) is 2.28. The highest BCUT2D eigenvalue weighted by molar-refractivity contribution is 5.89. The number of hydrogen-bond acceptors (Lipinski definition) is 3. The lowest BCUT2D eigenvalue weighted by atomic mass is 10.1. The summed E-state index contributed by atoms with van der Waals surface area (Å²) in [6.07, 6.45) is 0.472. The highest BCUT2D eigenvalue weighted by atomic mass is 16.5. The largest absolute Gasteiger partial charge is 0.465 e. The molecule has 0 saturated heterocycles. The Morgan fingerprint density at radius 3 is 2.38 bits per heavy atom. The summed E-state index contributed by atoms with van der Waals surface area (Å²) in [5.74, 6) is -0.346.